The van der Waals surface area contributed by atoms with Gasteiger partial charge in [-0.1, -0.05) is 27.5 Å². The van der Waals surface area contributed by atoms with Crippen molar-refractivity contribution in [2.75, 3.05) is 5.32 Å². The lowest BCUT2D eigenvalue weighted by molar-refractivity contribution is 0.0697. The second-order valence-electron chi connectivity index (χ2n) is 5.24. The van der Waals surface area contributed by atoms with Crippen LogP contribution in [0.5, 0.6) is 0 Å². The van der Waals surface area contributed by atoms with Crippen LogP contribution in [0, 0.1) is 0 Å². The van der Waals surface area contributed by atoms with Gasteiger partial charge in [-0.05, 0) is 64.5 Å². The van der Waals surface area contributed by atoms with Gasteiger partial charge in [-0.25, -0.2) is 4.79 Å². The molecular formula is C18H12Br2ClNO3. The average molecular weight is 486 g/mol. The van der Waals surface area contributed by atoms with Gasteiger partial charge in [-0.3, -0.25) is 0 Å². The molecule has 0 unspecified atom stereocenters. The molecule has 0 aliphatic rings. The zero-order valence-electron chi connectivity index (χ0n) is 12.7. The predicted molar refractivity (Wildman–Crippen MR) is 105 cm³/mol. The van der Waals surface area contributed by atoms with E-state index < -0.39 is 5.97 Å². The molecule has 0 saturated heterocycles. The number of aromatic carboxylic acids is 1. The third-order valence-corrected chi connectivity index (χ3v) is 4.99. The number of carboxylic acid groups (broad SMARTS) is 1. The first kappa shape index (κ1) is 18.0. The fourth-order valence-electron chi connectivity index (χ4n) is 2.29. The number of anilines is 1. The Balaban J connectivity index is 1.72. The molecule has 3 aromatic rings. The molecule has 1 heterocycles. The van der Waals surface area contributed by atoms with Gasteiger partial charge in [0.15, 0.2) is 0 Å². The van der Waals surface area contributed by atoms with Crippen molar-refractivity contribution in [1.82, 2.24) is 0 Å². The normalized spacial score (nSPS) is 10.7. The van der Waals surface area contributed by atoms with E-state index in [0.717, 1.165) is 31.7 Å². The summed E-state index contributed by atoms with van der Waals surface area (Å²) in [6.07, 6.45) is 0. The molecule has 25 heavy (non-hydrogen) atoms. The van der Waals surface area contributed by atoms with Crippen LogP contribution in [-0.2, 0) is 6.54 Å². The largest absolute Gasteiger partial charge is 0.478 e. The van der Waals surface area contributed by atoms with Crippen LogP contribution in [0.15, 0.2) is 61.9 Å². The first-order chi connectivity index (χ1) is 11.9. The molecule has 0 aliphatic carbocycles. The van der Waals surface area contributed by atoms with E-state index in [1.807, 2.05) is 30.3 Å². The van der Waals surface area contributed by atoms with E-state index in [-0.39, 0.29) is 10.6 Å². The van der Waals surface area contributed by atoms with Crippen molar-refractivity contribution in [3.05, 3.63) is 73.8 Å². The molecule has 0 atom stereocenters. The van der Waals surface area contributed by atoms with Crippen molar-refractivity contribution in [3.63, 3.8) is 0 Å². The van der Waals surface area contributed by atoms with Crippen LogP contribution in [0.1, 0.15) is 16.1 Å². The number of carbonyl (C=O) groups is 1. The van der Waals surface area contributed by atoms with Crippen molar-refractivity contribution in [3.8, 4) is 11.3 Å². The lowest BCUT2D eigenvalue weighted by atomic mass is 10.2. The molecule has 1 aromatic heterocycles. The highest BCUT2D eigenvalue weighted by Crippen LogP contribution is 2.32. The van der Waals surface area contributed by atoms with E-state index in [2.05, 4.69) is 37.2 Å². The maximum absolute atomic E-state index is 11.0. The molecule has 0 amide bonds. The lowest BCUT2D eigenvalue weighted by Crippen LogP contribution is -2.01. The van der Waals surface area contributed by atoms with Crippen molar-refractivity contribution >= 4 is 55.1 Å². The van der Waals surface area contributed by atoms with Gasteiger partial charge in [-0.15, -0.1) is 0 Å². The smallest absolute Gasteiger partial charge is 0.337 e. The Morgan fingerprint density at radius 1 is 1.12 bits per heavy atom. The first-order valence-electron chi connectivity index (χ1n) is 7.25. The second kappa shape index (κ2) is 7.64. The number of hydrogen-bond acceptors (Lipinski definition) is 3. The Labute approximate surface area is 166 Å². The first-order valence-corrected chi connectivity index (χ1v) is 9.21. The predicted octanol–water partition coefficient (Wildman–Crippen LogP) is 6.44. The third-order valence-electron chi connectivity index (χ3n) is 3.52. The van der Waals surface area contributed by atoms with Crippen molar-refractivity contribution in [1.29, 1.82) is 0 Å². The third kappa shape index (κ3) is 4.26. The molecule has 2 aromatic carbocycles. The van der Waals surface area contributed by atoms with E-state index >= 15 is 0 Å². The Kier molecular flexibility index (Phi) is 5.51. The lowest BCUT2D eigenvalue weighted by Gasteiger charge is -2.07. The summed E-state index contributed by atoms with van der Waals surface area (Å²) in [6, 6.07) is 14.4. The van der Waals surface area contributed by atoms with Gasteiger partial charge in [0.2, 0.25) is 0 Å². The van der Waals surface area contributed by atoms with Crippen molar-refractivity contribution in [2.45, 2.75) is 6.54 Å². The van der Waals surface area contributed by atoms with E-state index in [1.54, 1.807) is 12.1 Å². The summed E-state index contributed by atoms with van der Waals surface area (Å²) in [5.41, 5.74) is 1.76. The molecule has 3 rings (SSSR count). The van der Waals surface area contributed by atoms with Crippen LogP contribution in [0.25, 0.3) is 11.3 Å². The van der Waals surface area contributed by atoms with Crippen molar-refractivity contribution < 1.29 is 14.3 Å². The minimum atomic E-state index is -1.05. The molecule has 0 radical (unpaired) electrons. The van der Waals surface area contributed by atoms with E-state index in [1.165, 1.54) is 6.07 Å². The molecule has 128 valence electrons. The summed E-state index contributed by atoms with van der Waals surface area (Å²) in [6.45, 7) is 0.455. The Morgan fingerprint density at radius 2 is 1.92 bits per heavy atom. The Morgan fingerprint density at radius 3 is 2.60 bits per heavy atom. The maximum Gasteiger partial charge on any atom is 0.337 e. The Bertz CT molecular complexity index is 940. The number of halogens is 3. The highest BCUT2D eigenvalue weighted by Gasteiger charge is 2.11. The van der Waals surface area contributed by atoms with Crippen LogP contribution in [0.3, 0.4) is 0 Å². The topological polar surface area (TPSA) is 62.5 Å². The van der Waals surface area contributed by atoms with Crippen LogP contribution in [0.2, 0.25) is 5.02 Å². The molecule has 0 fully saturated rings. The molecule has 2 N–H and O–H groups in total. The van der Waals surface area contributed by atoms with E-state index in [0.29, 0.717) is 6.54 Å². The number of furan rings is 1. The molecule has 0 aliphatic heterocycles. The van der Waals surface area contributed by atoms with Crippen LogP contribution in [-0.4, -0.2) is 11.1 Å². The summed E-state index contributed by atoms with van der Waals surface area (Å²) in [4.78, 5) is 11.0. The zero-order chi connectivity index (χ0) is 18.0. The number of carboxylic acids is 1. The highest BCUT2D eigenvalue weighted by molar-refractivity contribution is 9.11. The van der Waals surface area contributed by atoms with Gasteiger partial charge >= 0.3 is 5.97 Å². The number of nitrogens with one attached hydrogen (secondary N) is 1. The summed E-state index contributed by atoms with van der Waals surface area (Å²) in [5.74, 6) is 0.464. The van der Waals surface area contributed by atoms with Gasteiger partial charge in [0.05, 0.1) is 17.1 Å². The number of benzene rings is 2. The standard InChI is InChI=1S/C18H12Br2ClNO3/c19-10-1-4-13(15(20)7-10)17-6-3-12(25-17)9-22-11-2-5-14(18(23)24)16(21)8-11/h1-8,22H,9H2,(H,23,24). The zero-order valence-corrected chi connectivity index (χ0v) is 16.7. The molecule has 0 bridgehead atoms. The maximum atomic E-state index is 11.0. The second-order valence-corrected chi connectivity index (χ2v) is 7.42. The molecule has 0 spiro atoms. The molecule has 4 nitrogen and oxygen atoms in total. The van der Waals surface area contributed by atoms with Gasteiger partial charge in [0.1, 0.15) is 11.5 Å². The van der Waals surface area contributed by atoms with E-state index in [9.17, 15) is 4.79 Å². The van der Waals surface area contributed by atoms with Gasteiger partial charge in [0, 0.05) is 20.2 Å². The summed E-state index contributed by atoms with van der Waals surface area (Å²) < 4.78 is 7.79. The fourth-order valence-corrected chi connectivity index (χ4v) is 3.80. The van der Waals surface area contributed by atoms with E-state index in [4.69, 9.17) is 21.1 Å². The van der Waals surface area contributed by atoms with Gasteiger partial charge in [0.25, 0.3) is 0 Å². The minimum Gasteiger partial charge on any atom is -0.478 e. The average Bonchev–Trinajstić information content (AvgIpc) is 3.01. The minimum absolute atomic E-state index is 0.0765. The fraction of sp³-hybridized carbons (Fsp3) is 0.0556. The Hall–Kier alpha value is -1.76. The monoisotopic (exact) mass is 483 g/mol. The van der Waals surface area contributed by atoms with Crippen LogP contribution < -0.4 is 5.32 Å². The summed E-state index contributed by atoms with van der Waals surface area (Å²) >= 11 is 12.9. The van der Waals surface area contributed by atoms with Gasteiger partial charge < -0.3 is 14.8 Å². The number of hydrogen-bond donors (Lipinski definition) is 2. The molecule has 7 heteroatoms. The van der Waals surface area contributed by atoms with Crippen LogP contribution >= 0.6 is 43.5 Å². The van der Waals surface area contributed by atoms with Gasteiger partial charge in [-0.2, -0.15) is 0 Å². The van der Waals surface area contributed by atoms with Crippen molar-refractivity contribution in [2.24, 2.45) is 0 Å². The summed E-state index contributed by atoms with van der Waals surface area (Å²) in [5, 5.41) is 12.3. The molecule has 0 saturated carbocycles. The summed E-state index contributed by atoms with van der Waals surface area (Å²) in [7, 11) is 0. The van der Waals surface area contributed by atoms with Crippen LogP contribution in [0.4, 0.5) is 5.69 Å². The molecular weight excluding hydrogens is 473 g/mol. The highest BCUT2D eigenvalue weighted by atomic mass is 79.9. The number of rotatable bonds is 5. The quantitative estimate of drug-likeness (QED) is 0.437. The SMILES string of the molecule is O=C(O)c1ccc(NCc2ccc(-c3ccc(Br)cc3Br)o2)cc1Cl.